The van der Waals surface area contributed by atoms with Gasteiger partial charge in [0.1, 0.15) is 0 Å². The standard InChI is InChI=1S/C8H21N2O4P/c1-2-3-8-15(12,13-7-6-11)14-10-5-4-9/h10-11H,2-9H2,1H3. The van der Waals surface area contributed by atoms with Crippen molar-refractivity contribution < 1.29 is 18.8 Å². The van der Waals surface area contributed by atoms with Gasteiger partial charge in [-0.2, -0.15) is 5.48 Å². The number of hydroxylamine groups is 1. The smallest absolute Gasteiger partial charge is 0.347 e. The predicted octanol–water partition coefficient (Wildman–Crippen LogP) is 0.468. The predicted molar refractivity (Wildman–Crippen MR) is 58.6 cm³/mol. The molecule has 0 aromatic heterocycles. The van der Waals surface area contributed by atoms with E-state index in [1.807, 2.05) is 6.92 Å². The summed E-state index contributed by atoms with van der Waals surface area (Å²) < 4.78 is 21.9. The summed E-state index contributed by atoms with van der Waals surface area (Å²) in [5, 5.41) is 8.58. The monoisotopic (exact) mass is 240 g/mol. The summed E-state index contributed by atoms with van der Waals surface area (Å²) in [6.45, 7) is 2.65. The van der Waals surface area contributed by atoms with Crippen LogP contribution in [0.15, 0.2) is 0 Å². The molecule has 0 fully saturated rings. The van der Waals surface area contributed by atoms with Gasteiger partial charge in [-0.05, 0) is 6.42 Å². The van der Waals surface area contributed by atoms with Gasteiger partial charge in [0.15, 0.2) is 0 Å². The van der Waals surface area contributed by atoms with Gasteiger partial charge in [-0.25, -0.2) is 4.62 Å². The van der Waals surface area contributed by atoms with Crippen molar-refractivity contribution in [3.05, 3.63) is 0 Å². The average molecular weight is 240 g/mol. The molecule has 0 spiro atoms. The fourth-order valence-corrected chi connectivity index (χ4v) is 2.50. The summed E-state index contributed by atoms with van der Waals surface area (Å²) in [5.41, 5.74) is 7.74. The Bertz CT molecular complexity index is 179. The molecule has 1 atom stereocenters. The number of hydrogen-bond donors (Lipinski definition) is 3. The van der Waals surface area contributed by atoms with E-state index in [-0.39, 0.29) is 13.2 Å². The van der Waals surface area contributed by atoms with Crippen LogP contribution in [-0.2, 0) is 13.7 Å². The molecular weight excluding hydrogens is 219 g/mol. The van der Waals surface area contributed by atoms with Crippen molar-refractivity contribution in [2.24, 2.45) is 5.73 Å². The Morgan fingerprint density at radius 3 is 2.80 bits per heavy atom. The van der Waals surface area contributed by atoms with E-state index in [0.717, 1.165) is 12.8 Å². The number of rotatable bonds is 10. The van der Waals surface area contributed by atoms with Gasteiger partial charge in [-0.3, -0.25) is 4.57 Å². The number of nitrogens with one attached hydrogen (secondary N) is 1. The molecule has 0 heterocycles. The van der Waals surface area contributed by atoms with Crippen LogP contribution in [0, 0.1) is 0 Å². The van der Waals surface area contributed by atoms with Crippen LogP contribution < -0.4 is 11.2 Å². The minimum atomic E-state index is -3.11. The van der Waals surface area contributed by atoms with E-state index in [1.54, 1.807) is 0 Å². The van der Waals surface area contributed by atoms with E-state index in [9.17, 15) is 4.57 Å². The molecule has 0 aliphatic rings. The Hall–Kier alpha value is 0.0300. The Kier molecular flexibility index (Phi) is 9.29. The van der Waals surface area contributed by atoms with Crippen LogP contribution in [0.2, 0.25) is 0 Å². The summed E-state index contributed by atoms with van der Waals surface area (Å²) in [5.74, 6) is 0. The molecule has 0 amide bonds. The minimum Gasteiger partial charge on any atom is -0.394 e. The fraction of sp³-hybridized carbons (Fsp3) is 1.00. The molecule has 0 bridgehead atoms. The lowest BCUT2D eigenvalue weighted by molar-refractivity contribution is 0.123. The largest absolute Gasteiger partial charge is 0.394 e. The molecule has 0 rings (SSSR count). The molecule has 92 valence electrons. The van der Waals surface area contributed by atoms with Crippen LogP contribution in [0.1, 0.15) is 19.8 Å². The Morgan fingerprint density at radius 1 is 1.53 bits per heavy atom. The van der Waals surface area contributed by atoms with Crippen molar-refractivity contribution in [1.82, 2.24) is 5.48 Å². The molecule has 0 aromatic carbocycles. The summed E-state index contributed by atoms with van der Waals surface area (Å²) in [7, 11) is -3.11. The second kappa shape index (κ2) is 9.27. The molecule has 1 unspecified atom stereocenters. The fourth-order valence-electron chi connectivity index (χ4n) is 0.871. The third-order valence-electron chi connectivity index (χ3n) is 1.61. The van der Waals surface area contributed by atoms with Crippen LogP contribution in [0.25, 0.3) is 0 Å². The highest BCUT2D eigenvalue weighted by atomic mass is 31.2. The molecule has 0 saturated carbocycles. The maximum atomic E-state index is 11.9. The summed E-state index contributed by atoms with van der Waals surface area (Å²) >= 11 is 0. The van der Waals surface area contributed by atoms with Crippen LogP contribution in [-0.4, -0.2) is 37.6 Å². The molecule has 6 nitrogen and oxygen atoms in total. The zero-order valence-corrected chi connectivity index (χ0v) is 10.0. The van der Waals surface area contributed by atoms with Crippen molar-refractivity contribution >= 4 is 7.60 Å². The second-order valence-electron chi connectivity index (χ2n) is 3.02. The van der Waals surface area contributed by atoms with Crippen molar-refractivity contribution in [2.45, 2.75) is 19.8 Å². The molecule has 0 aliphatic heterocycles. The Balaban J connectivity index is 3.96. The average Bonchev–Trinajstić information content (AvgIpc) is 2.24. The summed E-state index contributed by atoms with van der Waals surface area (Å²) in [6.07, 6.45) is 2.01. The lowest BCUT2D eigenvalue weighted by Gasteiger charge is -2.17. The summed E-state index contributed by atoms with van der Waals surface area (Å²) in [4.78, 5) is 0. The molecule has 4 N–H and O–H groups in total. The normalized spacial score (nSPS) is 15.1. The number of aliphatic hydroxyl groups is 1. The number of hydrogen-bond acceptors (Lipinski definition) is 6. The van der Waals surface area contributed by atoms with Crippen LogP contribution in [0.4, 0.5) is 0 Å². The second-order valence-corrected chi connectivity index (χ2v) is 5.13. The van der Waals surface area contributed by atoms with Gasteiger partial charge in [-0.15, -0.1) is 0 Å². The van der Waals surface area contributed by atoms with Crippen molar-refractivity contribution in [2.75, 3.05) is 32.5 Å². The highest BCUT2D eigenvalue weighted by molar-refractivity contribution is 7.53. The third-order valence-corrected chi connectivity index (χ3v) is 3.46. The molecular formula is C8H21N2O4P. The van der Waals surface area contributed by atoms with Gasteiger partial charge in [0.25, 0.3) is 0 Å². The first-order valence-corrected chi connectivity index (χ1v) is 6.87. The first-order valence-electron chi connectivity index (χ1n) is 5.14. The van der Waals surface area contributed by atoms with Gasteiger partial charge < -0.3 is 15.4 Å². The SMILES string of the molecule is CCCCP(=O)(OCCO)ONCCN. The van der Waals surface area contributed by atoms with E-state index >= 15 is 0 Å². The summed E-state index contributed by atoms with van der Waals surface area (Å²) in [6, 6.07) is 0. The minimum absolute atomic E-state index is 0.0191. The van der Waals surface area contributed by atoms with Crippen LogP contribution in [0.5, 0.6) is 0 Å². The van der Waals surface area contributed by atoms with Crippen molar-refractivity contribution in [1.29, 1.82) is 0 Å². The van der Waals surface area contributed by atoms with E-state index in [4.69, 9.17) is 20.0 Å². The van der Waals surface area contributed by atoms with Gasteiger partial charge in [-0.1, -0.05) is 13.3 Å². The maximum Gasteiger partial charge on any atom is 0.347 e. The highest BCUT2D eigenvalue weighted by Gasteiger charge is 2.23. The highest BCUT2D eigenvalue weighted by Crippen LogP contribution is 2.47. The molecule has 0 aromatic rings. The number of unbranched alkanes of at least 4 members (excludes halogenated alkanes) is 1. The van der Waals surface area contributed by atoms with E-state index in [1.165, 1.54) is 0 Å². The van der Waals surface area contributed by atoms with Crippen molar-refractivity contribution in [3.63, 3.8) is 0 Å². The van der Waals surface area contributed by atoms with Gasteiger partial charge >= 0.3 is 7.60 Å². The molecule has 0 saturated heterocycles. The molecule has 0 radical (unpaired) electrons. The van der Waals surface area contributed by atoms with Gasteiger partial charge in [0, 0.05) is 13.1 Å². The Labute approximate surface area is 90.6 Å². The van der Waals surface area contributed by atoms with Crippen LogP contribution in [0.3, 0.4) is 0 Å². The zero-order valence-electron chi connectivity index (χ0n) is 9.15. The zero-order chi connectivity index (χ0) is 11.6. The first kappa shape index (κ1) is 15.0. The lowest BCUT2D eigenvalue weighted by Crippen LogP contribution is -2.23. The maximum absolute atomic E-state index is 11.9. The molecule has 0 aliphatic carbocycles. The molecule has 15 heavy (non-hydrogen) atoms. The van der Waals surface area contributed by atoms with E-state index in [2.05, 4.69) is 5.48 Å². The first-order chi connectivity index (χ1) is 7.18. The number of aliphatic hydroxyl groups excluding tert-OH is 1. The van der Waals surface area contributed by atoms with E-state index < -0.39 is 7.60 Å². The van der Waals surface area contributed by atoms with Crippen molar-refractivity contribution in [3.8, 4) is 0 Å². The quantitative estimate of drug-likeness (QED) is 0.292. The van der Waals surface area contributed by atoms with E-state index in [0.29, 0.717) is 19.3 Å². The van der Waals surface area contributed by atoms with Gasteiger partial charge in [0.2, 0.25) is 0 Å². The third kappa shape index (κ3) is 7.90. The molecule has 7 heteroatoms. The lowest BCUT2D eigenvalue weighted by atomic mass is 10.4. The topological polar surface area (TPSA) is 93.8 Å². The van der Waals surface area contributed by atoms with Gasteiger partial charge in [0.05, 0.1) is 19.4 Å². The Morgan fingerprint density at radius 2 is 2.27 bits per heavy atom. The van der Waals surface area contributed by atoms with Crippen LogP contribution >= 0.6 is 7.60 Å². The number of nitrogens with two attached hydrogens (primary N) is 1.